The molecule has 23 heavy (non-hydrogen) atoms. The molecular formula is C16H13N5O2. The van der Waals surface area contributed by atoms with Gasteiger partial charge in [0.05, 0.1) is 10.9 Å². The van der Waals surface area contributed by atoms with Crippen LogP contribution in [0.3, 0.4) is 0 Å². The first kappa shape index (κ1) is 14.5. The fraction of sp³-hybridized carbons (Fsp3) is 0. The van der Waals surface area contributed by atoms with Gasteiger partial charge in [0.2, 0.25) is 11.9 Å². The molecule has 0 unspecified atom stereocenters. The van der Waals surface area contributed by atoms with E-state index in [-0.39, 0.29) is 23.2 Å². The van der Waals surface area contributed by atoms with Crippen LogP contribution in [0.15, 0.2) is 63.3 Å². The maximum Gasteiger partial charge on any atom is 0.260 e. The quantitative estimate of drug-likeness (QED) is 0.493. The van der Waals surface area contributed by atoms with Crippen LogP contribution in [0, 0.1) is 0 Å². The van der Waals surface area contributed by atoms with Crippen LogP contribution >= 0.6 is 0 Å². The second-order valence-electron chi connectivity index (χ2n) is 4.69. The highest BCUT2D eigenvalue weighted by molar-refractivity contribution is 5.95. The van der Waals surface area contributed by atoms with Crippen molar-refractivity contribution in [1.82, 2.24) is 9.97 Å². The number of aromatic nitrogens is 2. The van der Waals surface area contributed by atoms with Crippen molar-refractivity contribution in [2.45, 2.75) is 0 Å². The molecule has 0 spiro atoms. The van der Waals surface area contributed by atoms with Gasteiger partial charge in [-0.15, -0.1) is 0 Å². The lowest BCUT2D eigenvalue weighted by Gasteiger charge is -1.99. The zero-order valence-corrected chi connectivity index (χ0v) is 12.0. The molecule has 0 amide bonds. The number of nitrogens with zero attached hydrogens (tertiary/aromatic N) is 3. The van der Waals surface area contributed by atoms with Gasteiger partial charge in [0.25, 0.3) is 5.56 Å². The summed E-state index contributed by atoms with van der Waals surface area (Å²) in [5.41, 5.74) is 6.43. The van der Waals surface area contributed by atoms with E-state index in [1.807, 2.05) is 0 Å². The lowest BCUT2D eigenvalue weighted by molar-refractivity contribution is 0.474. The Hall–Kier alpha value is -3.48. The molecule has 0 aliphatic rings. The van der Waals surface area contributed by atoms with Crippen LogP contribution in [0.1, 0.15) is 5.56 Å². The number of aromatic hydroxyl groups is 1. The SMILES string of the molecule is NC(/N=C/c1ccccc1O)=N\c1nc2ccccc2c(=O)[nH]1. The number of benzene rings is 2. The maximum absolute atomic E-state index is 11.9. The van der Waals surface area contributed by atoms with Gasteiger partial charge in [-0.25, -0.2) is 9.98 Å². The summed E-state index contributed by atoms with van der Waals surface area (Å²) in [4.78, 5) is 26.6. The van der Waals surface area contributed by atoms with Crippen molar-refractivity contribution in [3.05, 3.63) is 64.4 Å². The zero-order valence-electron chi connectivity index (χ0n) is 12.0. The molecule has 114 valence electrons. The van der Waals surface area contributed by atoms with Gasteiger partial charge in [0.15, 0.2) is 0 Å². The Morgan fingerprint density at radius 1 is 1.17 bits per heavy atom. The summed E-state index contributed by atoms with van der Waals surface area (Å²) < 4.78 is 0. The highest BCUT2D eigenvalue weighted by Crippen LogP contribution is 2.13. The highest BCUT2D eigenvalue weighted by atomic mass is 16.3. The van der Waals surface area contributed by atoms with E-state index in [0.717, 1.165) is 0 Å². The van der Waals surface area contributed by atoms with Gasteiger partial charge in [-0.1, -0.05) is 24.3 Å². The molecule has 1 aromatic heterocycles. The molecule has 0 aliphatic heterocycles. The molecule has 0 fully saturated rings. The number of hydrogen-bond donors (Lipinski definition) is 3. The monoisotopic (exact) mass is 307 g/mol. The Balaban J connectivity index is 1.92. The molecule has 4 N–H and O–H groups in total. The Morgan fingerprint density at radius 2 is 1.91 bits per heavy atom. The molecule has 1 heterocycles. The predicted octanol–water partition coefficient (Wildman–Crippen LogP) is 1.69. The highest BCUT2D eigenvalue weighted by Gasteiger charge is 2.02. The van der Waals surface area contributed by atoms with Crippen LogP contribution in [0.4, 0.5) is 5.95 Å². The summed E-state index contributed by atoms with van der Waals surface area (Å²) in [5, 5.41) is 10.1. The lowest BCUT2D eigenvalue weighted by Crippen LogP contribution is -2.11. The topological polar surface area (TPSA) is 117 Å². The Kier molecular flexibility index (Phi) is 3.84. The van der Waals surface area contributed by atoms with Crippen molar-refractivity contribution in [3.8, 4) is 5.75 Å². The van der Waals surface area contributed by atoms with Gasteiger partial charge < -0.3 is 10.8 Å². The fourth-order valence-electron chi connectivity index (χ4n) is 2.00. The summed E-state index contributed by atoms with van der Waals surface area (Å²) in [7, 11) is 0. The van der Waals surface area contributed by atoms with Crippen molar-refractivity contribution in [2.24, 2.45) is 15.7 Å². The molecule has 0 aliphatic carbocycles. The summed E-state index contributed by atoms with van der Waals surface area (Å²) in [6, 6.07) is 13.6. The number of nitrogens with one attached hydrogen (secondary N) is 1. The summed E-state index contributed by atoms with van der Waals surface area (Å²) in [5.74, 6) is 0.0635. The number of rotatable bonds is 2. The molecule has 2 aromatic carbocycles. The molecule has 0 atom stereocenters. The second-order valence-corrected chi connectivity index (χ2v) is 4.69. The van der Waals surface area contributed by atoms with E-state index < -0.39 is 0 Å². The van der Waals surface area contributed by atoms with Gasteiger partial charge >= 0.3 is 0 Å². The first-order valence-electron chi connectivity index (χ1n) is 6.79. The third kappa shape index (κ3) is 3.24. The summed E-state index contributed by atoms with van der Waals surface area (Å²) in [6.45, 7) is 0. The summed E-state index contributed by atoms with van der Waals surface area (Å²) >= 11 is 0. The lowest BCUT2D eigenvalue weighted by atomic mass is 10.2. The molecule has 0 saturated heterocycles. The van der Waals surface area contributed by atoms with E-state index in [4.69, 9.17) is 5.73 Å². The average Bonchev–Trinajstić information content (AvgIpc) is 2.54. The minimum absolute atomic E-state index is 0.0700. The molecule has 3 aromatic rings. The van der Waals surface area contributed by atoms with E-state index in [1.54, 1.807) is 42.5 Å². The van der Waals surface area contributed by atoms with Gasteiger partial charge in [-0.3, -0.25) is 9.78 Å². The number of phenolic OH excluding ortho intramolecular Hbond substituents is 1. The first-order valence-corrected chi connectivity index (χ1v) is 6.79. The normalized spacial score (nSPS) is 12.1. The third-order valence-electron chi connectivity index (χ3n) is 3.09. The number of aromatic amines is 1. The minimum Gasteiger partial charge on any atom is -0.507 e. The second kappa shape index (κ2) is 6.10. The van der Waals surface area contributed by atoms with Crippen LogP contribution in [0.5, 0.6) is 5.75 Å². The zero-order chi connectivity index (χ0) is 16.2. The first-order chi connectivity index (χ1) is 11.1. The van der Waals surface area contributed by atoms with Crippen LogP contribution < -0.4 is 11.3 Å². The molecular weight excluding hydrogens is 294 g/mol. The van der Waals surface area contributed by atoms with Crippen molar-refractivity contribution in [1.29, 1.82) is 0 Å². The van der Waals surface area contributed by atoms with Crippen molar-refractivity contribution >= 4 is 29.0 Å². The molecule has 0 radical (unpaired) electrons. The smallest absolute Gasteiger partial charge is 0.260 e. The molecule has 0 bridgehead atoms. The van der Waals surface area contributed by atoms with Crippen molar-refractivity contribution in [3.63, 3.8) is 0 Å². The van der Waals surface area contributed by atoms with Crippen LogP contribution in [0.25, 0.3) is 10.9 Å². The number of phenols is 1. The number of guanidine groups is 1. The van der Waals surface area contributed by atoms with Gasteiger partial charge in [-0.2, -0.15) is 4.99 Å². The molecule has 7 nitrogen and oxygen atoms in total. The van der Waals surface area contributed by atoms with E-state index >= 15 is 0 Å². The molecule has 0 saturated carbocycles. The number of para-hydroxylation sites is 2. The average molecular weight is 307 g/mol. The maximum atomic E-state index is 11.9. The van der Waals surface area contributed by atoms with Gasteiger partial charge in [-0.05, 0) is 24.3 Å². The van der Waals surface area contributed by atoms with E-state index in [0.29, 0.717) is 16.5 Å². The van der Waals surface area contributed by atoms with Crippen molar-refractivity contribution < 1.29 is 5.11 Å². The third-order valence-corrected chi connectivity index (χ3v) is 3.09. The van der Waals surface area contributed by atoms with Crippen LogP contribution in [-0.2, 0) is 0 Å². The number of fused-ring (bicyclic) bond motifs is 1. The molecule has 3 rings (SSSR count). The number of H-pyrrole nitrogens is 1. The van der Waals surface area contributed by atoms with E-state index in [2.05, 4.69) is 20.0 Å². The number of aliphatic imine (C=N–C) groups is 2. The van der Waals surface area contributed by atoms with Crippen LogP contribution in [0.2, 0.25) is 0 Å². The minimum atomic E-state index is -0.299. The van der Waals surface area contributed by atoms with Crippen molar-refractivity contribution in [2.75, 3.05) is 0 Å². The van der Waals surface area contributed by atoms with Gasteiger partial charge in [0.1, 0.15) is 5.75 Å². The standard InChI is InChI=1S/C16H13N5O2/c17-15(18-9-10-5-1-4-8-13(10)22)21-16-19-12-7-3-2-6-11(12)14(23)20-16/h1-9,22H,(H3,17,19,20,21,23)/b18-9+. The Morgan fingerprint density at radius 3 is 2.74 bits per heavy atom. The Labute approximate surface area is 130 Å². The molecule has 7 heteroatoms. The predicted molar refractivity (Wildman–Crippen MR) is 89.3 cm³/mol. The van der Waals surface area contributed by atoms with Crippen LogP contribution in [-0.4, -0.2) is 27.2 Å². The Bertz CT molecular complexity index is 975. The fourth-order valence-corrected chi connectivity index (χ4v) is 2.00. The summed E-state index contributed by atoms with van der Waals surface area (Å²) in [6.07, 6.45) is 1.38. The van der Waals surface area contributed by atoms with E-state index in [1.165, 1.54) is 12.3 Å². The van der Waals surface area contributed by atoms with E-state index in [9.17, 15) is 9.90 Å². The number of hydrogen-bond acceptors (Lipinski definition) is 4. The largest absolute Gasteiger partial charge is 0.507 e. The van der Waals surface area contributed by atoms with Gasteiger partial charge in [0, 0.05) is 11.8 Å². The number of nitrogens with two attached hydrogens (primary N) is 1.